The molecule has 0 radical (unpaired) electrons. The lowest BCUT2D eigenvalue weighted by atomic mass is 9.99. The van der Waals surface area contributed by atoms with Crippen molar-refractivity contribution in [2.45, 2.75) is 20.8 Å². The van der Waals surface area contributed by atoms with E-state index in [0.29, 0.717) is 5.76 Å². The highest BCUT2D eigenvalue weighted by molar-refractivity contribution is 6.35. The molecule has 0 bridgehead atoms. The second-order valence-corrected chi connectivity index (χ2v) is 4.61. The van der Waals surface area contributed by atoms with Crippen molar-refractivity contribution in [2.24, 2.45) is 0 Å². The Morgan fingerprint density at radius 2 is 1.83 bits per heavy atom. The number of nitrogens with zero attached hydrogens (tertiary/aromatic N) is 1. The van der Waals surface area contributed by atoms with Gasteiger partial charge in [-0.1, -0.05) is 22.8 Å². The minimum atomic E-state index is -1.20. The van der Waals surface area contributed by atoms with Crippen molar-refractivity contribution in [3.63, 3.8) is 0 Å². The van der Waals surface area contributed by atoms with Crippen molar-refractivity contribution in [1.82, 2.24) is 5.16 Å². The van der Waals surface area contributed by atoms with E-state index in [9.17, 15) is 4.79 Å². The van der Waals surface area contributed by atoms with Crippen LogP contribution in [0.1, 0.15) is 27.2 Å². The van der Waals surface area contributed by atoms with Crippen LogP contribution in [0.5, 0.6) is 0 Å². The Morgan fingerprint density at radius 1 is 1.22 bits per heavy atom. The highest BCUT2D eigenvalue weighted by Gasteiger charge is 2.22. The Hall–Kier alpha value is -1.81. The van der Waals surface area contributed by atoms with E-state index in [1.54, 1.807) is 0 Å². The molecule has 1 heterocycles. The van der Waals surface area contributed by atoms with Crippen molar-refractivity contribution >= 4 is 17.6 Å². The quantitative estimate of drug-likeness (QED) is 0.901. The van der Waals surface area contributed by atoms with Gasteiger partial charge in [-0.05, 0) is 43.5 Å². The molecule has 2 rings (SSSR count). The standard InChI is InChI=1S/C13H12ClNO3/c1-6-4-8(3)9(5-7(6)2)12-10(14)11(13(16)17)15-18-12/h4-5H,1-3H3,(H,16,17). The maximum absolute atomic E-state index is 10.9. The summed E-state index contributed by atoms with van der Waals surface area (Å²) in [5, 5.41) is 12.4. The first-order valence-electron chi connectivity index (χ1n) is 5.38. The summed E-state index contributed by atoms with van der Waals surface area (Å²) in [6, 6.07) is 3.92. The van der Waals surface area contributed by atoms with E-state index in [0.717, 1.165) is 22.3 Å². The zero-order valence-corrected chi connectivity index (χ0v) is 11.0. The molecule has 0 aliphatic carbocycles. The number of aryl methyl sites for hydroxylation is 3. The van der Waals surface area contributed by atoms with Gasteiger partial charge < -0.3 is 9.63 Å². The van der Waals surface area contributed by atoms with Crippen molar-refractivity contribution in [2.75, 3.05) is 0 Å². The van der Waals surface area contributed by atoms with Crippen molar-refractivity contribution < 1.29 is 14.4 Å². The van der Waals surface area contributed by atoms with E-state index >= 15 is 0 Å². The predicted molar refractivity (Wildman–Crippen MR) is 68.1 cm³/mol. The molecular weight excluding hydrogens is 254 g/mol. The molecular formula is C13H12ClNO3. The molecule has 0 spiro atoms. The number of hydrogen-bond acceptors (Lipinski definition) is 3. The Balaban J connectivity index is 2.63. The Kier molecular flexibility index (Phi) is 3.13. The normalized spacial score (nSPS) is 10.7. The van der Waals surface area contributed by atoms with Crippen LogP contribution in [0.4, 0.5) is 0 Å². The molecule has 1 N–H and O–H groups in total. The topological polar surface area (TPSA) is 63.3 Å². The van der Waals surface area contributed by atoms with Gasteiger partial charge in [0.15, 0.2) is 5.76 Å². The number of benzene rings is 1. The summed E-state index contributed by atoms with van der Waals surface area (Å²) < 4.78 is 5.06. The van der Waals surface area contributed by atoms with Gasteiger partial charge in [-0.3, -0.25) is 0 Å². The average Bonchev–Trinajstić information content (AvgIpc) is 2.66. The number of carbonyl (C=O) groups is 1. The smallest absolute Gasteiger partial charge is 0.359 e. The zero-order chi connectivity index (χ0) is 13.4. The fourth-order valence-corrected chi connectivity index (χ4v) is 2.04. The third-order valence-electron chi connectivity index (χ3n) is 2.92. The summed E-state index contributed by atoms with van der Waals surface area (Å²) in [6.45, 7) is 5.90. The molecule has 0 saturated carbocycles. The summed E-state index contributed by atoms with van der Waals surface area (Å²) in [6.07, 6.45) is 0. The molecule has 2 aromatic rings. The van der Waals surface area contributed by atoms with Gasteiger partial charge in [-0.15, -0.1) is 0 Å². The van der Waals surface area contributed by atoms with Crippen LogP contribution in [0, 0.1) is 20.8 Å². The summed E-state index contributed by atoms with van der Waals surface area (Å²) in [5.41, 5.74) is 3.71. The molecule has 0 atom stereocenters. The lowest BCUT2D eigenvalue weighted by molar-refractivity contribution is 0.0686. The fraction of sp³-hybridized carbons (Fsp3) is 0.231. The first kappa shape index (κ1) is 12.6. The van der Waals surface area contributed by atoms with E-state index in [1.807, 2.05) is 32.9 Å². The number of rotatable bonds is 2. The summed E-state index contributed by atoms with van der Waals surface area (Å²) in [5.74, 6) is -0.897. The molecule has 94 valence electrons. The molecule has 0 unspecified atom stereocenters. The monoisotopic (exact) mass is 265 g/mol. The molecule has 0 saturated heterocycles. The van der Waals surface area contributed by atoms with Crippen molar-refractivity contribution in [1.29, 1.82) is 0 Å². The second-order valence-electron chi connectivity index (χ2n) is 4.23. The van der Waals surface area contributed by atoms with Crippen LogP contribution >= 0.6 is 11.6 Å². The summed E-state index contributed by atoms with van der Waals surface area (Å²) in [4.78, 5) is 10.9. The van der Waals surface area contributed by atoms with Gasteiger partial charge >= 0.3 is 5.97 Å². The first-order chi connectivity index (χ1) is 8.41. The second kappa shape index (κ2) is 4.46. The van der Waals surface area contributed by atoms with Crippen LogP contribution in [-0.4, -0.2) is 16.2 Å². The molecule has 1 aromatic heterocycles. The van der Waals surface area contributed by atoms with Gasteiger partial charge in [0.2, 0.25) is 5.69 Å². The SMILES string of the molecule is Cc1cc(C)c(-c2onc(C(=O)O)c2Cl)cc1C. The van der Waals surface area contributed by atoms with Crippen LogP contribution in [-0.2, 0) is 0 Å². The van der Waals surface area contributed by atoms with Crippen molar-refractivity contribution in [3.05, 3.63) is 39.5 Å². The van der Waals surface area contributed by atoms with Gasteiger partial charge in [-0.25, -0.2) is 4.79 Å². The first-order valence-corrected chi connectivity index (χ1v) is 5.76. The Bertz CT molecular complexity index is 631. The molecule has 0 aliphatic heterocycles. The maximum Gasteiger partial charge on any atom is 0.359 e. The molecule has 5 heteroatoms. The largest absolute Gasteiger partial charge is 0.476 e. The Morgan fingerprint density at radius 3 is 2.39 bits per heavy atom. The van der Waals surface area contributed by atoms with Crippen LogP contribution in [0.25, 0.3) is 11.3 Å². The molecule has 0 fully saturated rings. The van der Waals surface area contributed by atoms with Crippen LogP contribution in [0.2, 0.25) is 5.02 Å². The van der Waals surface area contributed by atoms with Crippen LogP contribution < -0.4 is 0 Å². The van der Waals surface area contributed by atoms with E-state index in [-0.39, 0.29) is 10.7 Å². The maximum atomic E-state index is 10.9. The zero-order valence-electron chi connectivity index (χ0n) is 10.2. The van der Waals surface area contributed by atoms with Gasteiger partial charge in [0, 0.05) is 5.56 Å². The van der Waals surface area contributed by atoms with E-state index in [1.165, 1.54) is 0 Å². The van der Waals surface area contributed by atoms with E-state index < -0.39 is 5.97 Å². The lowest BCUT2D eigenvalue weighted by Crippen LogP contribution is -1.96. The molecule has 0 amide bonds. The van der Waals surface area contributed by atoms with Crippen LogP contribution in [0.15, 0.2) is 16.7 Å². The Labute approximate surface area is 109 Å². The minimum absolute atomic E-state index is 0.0360. The van der Waals surface area contributed by atoms with Crippen LogP contribution in [0.3, 0.4) is 0 Å². The summed E-state index contributed by atoms with van der Waals surface area (Å²) >= 11 is 5.98. The number of carboxylic acid groups (broad SMARTS) is 1. The lowest BCUT2D eigenvalue weighted by Gasteiger charge is -2.07. The number of carboxylic acids is 1. The molecule has 4 nitrogen and oxygen atoms in total. The van der Waals surface area contributed by atoms with Crippen molar-refractivity contribution in [3.8, 4) is 11.3 Å². The third kappa shape index (κ3) is 1.99. The predicted octanol–water partition coefficient (Wildman–Crippen LogP) is 3.62. The number of aromatic carboxylic acids is 1. The molecule has 1 aromatic carbocycles. The third-order valence-corrected chi connectivity index (χ3v) is 3.27. The number of halogens is 1. The molecule has 18 heavy (non-hydrogen) atoms. The minimum Gasteiger partial charge on any atom is -0.476 e. The van der Waals surface area contributed by atoms with E-state index in [2.05, 4.69) is 5.16 Å². The number of hydrogen-bond donors (Lipinski definition) is 1. The average molecular weight is 266 g/mol. The highest BCUT2D eigenvalue weighted by atomic mass is 35.5. The van der Waals surface area contributed by atoms with Gasteiger partial charge in [-0.2, -0.15) is 0 Å². The number of aromatic nitrogens is 1. The fourth-order valence-electron chi connectivity index (χ4n) is 1.78. The van der Waals surface area contributed by atoms with Gasteiger partial charge in [0.1, 0.15) is 5.02 Å². The van der Waals surface area contributed by atoms with Gasteiger partial charge in [0.25, 0.3) is 0 Å². The van der Waals surface area contributed by atoms with E-state index in [4.69, 9.17) is 21.2 Å². The molecule has 0 aliphatic rings. The summed E-state index contributed by atoms with van der Waals surface area (Å²) in [7, 11) is 0. The van der Waals surface area contributed by atoms with Gasteiger partial charge in [0.05, 0.1) is 0 Å². The highest BCUT2D eigenvalue weighted by Crippen LogP contribution is 2.34.